The third-order valence-electron chi connectivity index (χ3n) is 0.991. The predicted molar refractivity (Wildman–Crippen MR) is 36.7 cm³/mol. The molecule has 1 heterocycles. The zero-order valence-corrected chi connectivity index (χ0v) is 12.5. The molecule has 3 nitrogen and oxygen atoms in total. The summed E-state index contributed by atoms with van der Waals surface area (Å²) in [6.07, 6.45) is 5.49. The second kappa shape index (κ2) is 7.97. The second-order valence-corrected chi connectivity index (χ2v) is 2.11. The van der Waals surface area contributed by atoms with E-state index < -0.39 is 0 Å². The molecule has 0 aromatic carbocycles. The molecular formula is C6H9N3Y2-2. The molecule has 0 aromatic heterocycles. The van der Waals surface area contributed by atoms with Crippen LogP contribution in [-0.4, -0.2) is 30.1 Å². The predicted octanol–water partition coefficient (Wildman–Crippen LogP) is 0.474. The molecule has 0 aromatic rings. The van der Waals surface area contributed by atoms with Crippen molar-refractivity contribution in [2.45, 2.75) is 19.9 Å². The van der Waals surface area contributed by atoms with Crippen molar-refractivity contribution >= 4 is 12.6 Å². The van der Waals surface area contributed by atoms with Gasteiger partial charge in [0.15, 0.2) is 0 Å². The monoisotopic (exact) mass is 301 g/mol. The number of hydrazone groups is 1. The number of rotatable bonds is 1. The molecule has 0 N–H and O–H groups in total. The van der Waals surface area contributed by atoms with Crippen LogP contribution in [-0.2, 0) is 65.4 Å². The van der Waals surface area contributed by atoms with Gasteiger partial charge in [0.1, 0.15) is 0 Å². The second-order valence-electron chi connectivity index (χ2n) is 2.11. The van der Waals surface area contributed by atoms with Gasteiger partial charge in [0, 0.05) is 71.5 Å². The van der Waals surface area contributed by atoms with Gasteiger partial charge < -0.3 is 21.3 Å². The van der Waals surface area contributed by atoms with Crippen LogP contribution in [0, 0.1) is 0 Å². The summed E-state index contributed by atoms with van der Waals surface area (Å²) in [5.41, 5.74) is 0. The fraction of sp³-hybridized carbons (Fsp3) is 0.667. The summed E-state index contributed by atoms with van der Waals surface area (Å²) in [5, 5.41) is 5.56. The van der Waals surface area contributed by atoms with Crippen LogP contribution in [0.5, 0.6) is 0 Å². The molecule has 0 aliphatic carbocycles. The summed E-state index contributed by atoms with van der Waals surface area (Å²) in [4.78, 5) is 3.85. The Hall–Kier alpha value is 1.35. The van der Waals surface area contributed by atoms with Crippen molar-refractivity contribution in [2.24, 2.45) is 10.1 Å². The van der Waals surface area contributed by atoms with Crippen LogP contribution in [0.2, 0.25) is 0 Å². The van der Waals surface area contributed by atoms with Gasteiger partial charge in [-0.2, -0.15) is 0 Å². The zero-order valence-electron chi connectivity index (χ0n) is 6.78. The molecule has 0 fully saturated rings. The maximum atomic E-state index is 3.91. The molecule has 11 heavy (non-hydrogen) atoms. The molecule has 0 atom stereocenters. The number of hydrogen-bond acceptors (Lipinski definition) is 3. The largest absolute Gasteiger partial charge is 0.509 e. The molecule has 2 radical (unpaired) electrons. The van der Waals surface area contributed by atoms with Gasteiger partial charge in [-0.25, -0.2) is 0 Å². The van der Waals surface area contributed by atoms with Gasteiger partial charge in [-0.1, -0.05) is 0 Å². The van der Waals surface area contributed by atoms with E-state index in [1.807, 2.05) is 13.8 Å². The first kappa shape index (κ1) is 14.8. The number of aliphatic imine (C=N–C) groups is 1. The minimum atomic E-state index is 0. The van der Waals surface area contributed by atoms with Crippen LogP contribution >= 0.6 is 0 Å². The van der Waals surface area contributed by atoms with E-state index >= 15 is 0 Å². The van der Waals surface area contributed by atoms with E-state index in [1.54, 1.807) is 5.01 Å². The van der Waals surface area contributed by atoms with Crippen molar-refractivity contribution in [1.29, 1.82) is 0 Å². The number of nitrogens with zero attached hydrogens (tertiary/aromatic N) is 3. The van der Waals surface area contributed by atoms with Gasteiger partial charge in [-0.3, -0.25) is 6.34 Å². The Balaban J connectivity index is 0. The maximum Gasteiger partial charge on any atom is 0.00851 e. The maximum absolute atomic E-state index is 3.91. The Morgan fingerprint density at radius 2 is 2.00 bits per heavy atom. The standard InChI is InChI=1S/C6H9N3.2Y/c1-6(2)9-5-7-3-4-8-9;;/h6H,3H2,1-2H3;;/q-2;;. The van der Waals surface area contributed by atoms with E-state index in [0.717, 1.165) is 0 Å². The van der Waals surface area contributed by atoms with Crippen LogP contribution in [0.4, 0.5) is 0 Å². The van der Waals surface area contributed by atoms with Crippen molar-refractivity contribution < 1.29 is 65.4 Å². The minimum absolute atomic E-state index is 0. The summed E-state index contributed by atoms with van der Waals surface area (Å²) in [6, 6.07) is 0.335. The SMILES string of the molecule is CC(C)N1[C-]=NC[C-]=N1.[Y].[Y]. The summed E-state index contributed by atoms with van der Waals surface area (Å²) in [6.45, 7) is 4.60. The first-order valence-corrected chi connectivity index (χ1v) is 2.95. The summed E-state index contributed by atoms with van der Waals surface area (Å²) < 4.78 is 0. The molecule has 0 spiro atoms. The zero-order chi connectivity index (χ0) is 6.69. The smallest absolute Gasteiger partial charge is 0.00851 e. The van der Waals surface area contributed by atoms with Crippen LogP contribution in [0.1, 0.15) is 13.8 Å². The van der Waals surface area contributed by atoms with Crippen molar-refractivity contribution in [3.63, 3.8) is 0 Å². The van der Waals surface area contributed by atoms with Gasteiger partial charge in [-0.15, -0.1) is 6.54 Å². The first-order valence-electron chi connectivity index (χ1n) is 2.95. The molecule has 1 aliphatic heterocycles. The van der Waals surface area contributed by atoms with Crippen molar-refractivity contribution in [3.05, 3.63) is 0 Å². The summed E-state index contributed by atoms with van der Waals surface area (Å²) in [5.74, 6) is 0. The van der Waals surface area contributed by atoms with E-state index in [4.69, 9.17) is 0 Å². The van der Waals surface area contributed by atoms with E-state index in [-0.39, 0.29) is 65.4 Å². The molecule has 0 amide bonds. The van der Waals surface area contributed by atoms with Gasteiger partial charge in [0.2, 0.25) is 0 Å². The minimum Gasteiger partial charge on any atom is -0.509 e. The Kier molecular flexibility index (Phi) is 10.8. The third kappa shape index (κ3) is 5.57. The Bertz CT molecular complexity index is 133. The van der Waals surface area contributed by atoms with Crippen LogP contribution in [0.15, 0.2) is 10.1 Å². The van der Waals surface area contributed by atoms with E-state index in [2.05, 4.69) is 22.6 Å². The summed E-state index contributed by atoms with van der Waals surface area (Å²) in [7, 11) is 0. The number of hydrogen-bond donors (Lipinski definition) is 0. The summed E-state index contributed by atoms with van der Waals surface area (Å²) >= 11 is 0. The fourth-order valence-corrected chi connectivity index (χ4v) is 0.504. The van der Waals surface area contributed by atoms with Crippen LogP contribution < -0.4 is 0 Å². The third-order valence-corrected chi connectivity index (χ3v) is 0.991. The van der Waals surface area contributed by atoms with Crippen molar-refractivity contribution in [1.82, 2.24) is 5.01 Å². The fourth-order valence-electron chi connectivity index (χ4n) is 0.504. The van der Waals surface area contributed by atoms with Gasteiger partial charge >= 0.3 is 0 Å². The average Bonchev–Trinajstić information content (AvgIpc) is 1.90. The average molecular weight is 301 g/mol. The van der Waals surface area contributed by atoms with Gasteiger partial charge in [0.05, 0.1) is 0 Å². The molecular weight excluding hydrogens is 292 g/mol. The molecule has 1 rings (SSSR count). The molecule has 0 saturated carbocycles. The van der Waals surface area contributed by atoms with E-state index in [9.17, 15) is 0 Å². The molecule has 0 bridgehead atoms. The quantitative estimate of drug-likeness (QED) is 0.647. The Morgan fingerprint density at radius 3 is 2.27 bits per heavy atom. The topological polar surface area (TPSA) is 28.0 Å². The first-order chi connectivity index (χ1) is 4.30. The van der Waals surface area contributed by atoms with Crippen molar-refractivity contribution in [3.8, 4) is 0 Å². The molecule has 0 unspecified atom stereocenters. The van der Waals surface area contributed by atoms with Crippen LogP contribution in [0.25, 0.3) is 0 Å². The normalized spacial score (nSPS) is 14.3. The van der Waals surface area contributed by atoms with Crippen LogP contribution in [0.3, 0.4) is 0 Å². The molecule has 1 aliphatic rings. The molecule has 5 heteroatoms. The van der Waals surface area contributed by atoms with Crippen molar-refractivity contribution in [2.75, 3.05) is 6.54 Å². The molecule has 0 saturated heterocycles. The van der Waals surface area contributed by atoms with Gasteiger partial charge in [-0.05, 0) is 13.8 Å². The van der Waals surface area contributed by atoms with E-state index in [0.29, 0.717) is 12.6 Å². The Morgan fingerprint density at radius 1 is 1.36 bits per heavy atom. The van der Waals surface area contributed by atoms with Gasteiger partial charge in [0.25, 0.3) is 0 Å². The van der Waals surface area contributed by atoms with E-state index in [1.165, 1.54) is 0 Å². The Labute approximate surface area is 118 Å². The molecule has 56 valence electrons.